The molecule has 0 aliphatic carbocycles. The molecule has 2 N–H and O–H groups in total. The highest BCUT2D eigenvalue weighted by atomic mass is 32.1. The van der Waals surface area contributed by atoms with Crippen LogP contribution in [0.4, 0.5) is 0 Å². The van der Waals surface area contributed by atoms with Gasteiger partial charge in [0, 0.05) is 29.2 Å². The number of thiazole rings is 2. The van der Waals surface area contributed by atoms with Gasteiger partial charge in [-0.25, -0.2) is 9.97 Å². The summed E-state index contributed by atoms with van der Waals surface area (Å²) in [5.41, 5.74) is 7.39. The van der Waals surface area contributed by atoms with Crippen molar-refractivity contribution < 1.29 is 0 Å². The van der Waals surface area contributed by atoms with Crippen LogP contribution in [0.15, 0.2) is 17.8 Å². The summed E-state index contributed by atoms with van der Waals surface area (Å²) in [6.07, 6.45) is 4.09. The maximum absolute atomic E-state index is 5.54. The van der Waals surface area contributed by atoms with Gasteiger partial charge < -0.3 is 5.73 Å². The van der Waals surface area contributed by atoms with E-state index in [1.807, 2.05) is 16.0 Å². The average molecular weight is 250 g/mol. The Morgan fingerprint density at radius 1 is 1.38 bits per heavy atom. The smallest absolute Gasteiger partial charge is 0.194 e. The zero-order valence-electron chi connectivity index (χ0n) is 8.67. The standard InChI is InChI=1S/C10H10N4S2/c1-6-3-14-4-8(13-10(14)16-6)9-12-7(2-11)5-15-9/h3-5H,2,11H2,1H3. The Morgan fingerprint density at radius 3 is 2.94 bits per heavy atom. The fourth-order valence-corrected chi connectivity index (χ4v) is 3.13. The average Bonchev–Trinajstić information content (AvgIpc) is 2.88. The molecule has 82 valence electrons. The van der Waals surface area contributed by atoms with Gasteiger partial charge in [-0.05, 0) is 6.92 Å². The molecule has 16 heavy (non-hydrogen) atoms. The van der Waals surface area contributed by atoms with E-state index in [2.05, 4.69) is 23.1 Å². The second-order valence-corrected chi connectivity index (χ2v) is 5.58. The van der Waals surface area contributed by atoms with Crippen molar-refractivity contribution >= 4 is 27.6 Å². The van der Waals surface area contributed by atoms with Crippen molar-refractivity contribution in [2.45, 2.75) is 13.5 Å². The van der Waals surface area contributed by atoms with Crippen LogP contribution in [-0.2, 0) is 6.54 Å². The number of nitrogens with two attached hydrogens (primary N) is 1. The predicted molar refractivity (Wildman–Crippen MR) is 66.8 cm³/mol. The molecule has 0 saturated heterocycles. The third kappa shape index (κ3) is 1.55. The van der Waals surface area contributed by atoms with Gasteiger partial charge in [-0.15, -0.1) is 22.7 Å². The summed E-state index contributed by atoms with van der Waals surface area (Å²) in [4.78, 5) is 11.2. The molecule has 0 bridgehead atoms. The molecule has 0 aromatic carbocycles. The van der Waals surface area contributed by atoms with Gasteiger partial charge in [-0.3, -0.25) is 4.40 Å². The Hall–Kier alpha value is -1.24. The summed E-state index contributed by atoms with van der Waals surface area (Å²) < 4.78 is 2.04. The molecule has 0 spiro atoms. The van der Waals surface area contributed by atoms with E-state index in [0.717, 1.165) is 21.4 Å². The van der Waals surface area contributed by atoms with E-state index in [4.69, 9.17) is 5.73 Å². The minimum atomic E-state index is 0.484. The van der Waals surface area contributed by atoms with Crippen molar-refractivity contribution in [2.75, 3.05) is 0 Å². The van der Waals surface area contributed by atoms with Gasteiger partial charge in [0.1, 0.15) is 10.7 Å². The Morgan fingerprint density at radius 2 is 2.25 bits per heavy atom. The molecular formula is C10H10N4S2. The maximum Gasteiger partial charge on any atom is 0.194 e. The Balaban J connectivity index is 2.07. The van der Waals surface area contributed by atoms with Crippen LogP contribution in [0.25, 0.3) is 15.7 Å². The lowest BCUT2D eigenvalue weighted by Gasteiger charge is -1.86. The second kappa shape index (κ2) is 3.65. The topological polar surface area (TPSA) is 56.2 Å². The van der Waals surface area contributed by atoms with Crippen molar-refractivity contribution in [2.24, 2.45) is 5.73 Å². The van der Waals surface area contributed by atoms with E-state index in [9.17, 15) is 0 Å². The van der Waals surface area contributed by atoms with Crippen molar-refractivity contribution in [1.82, 2.24) is 14.4 Å². The van der Waals surface area contributed by atoms with Crippen molar-refractivity contribution in [1.29, 1.82) is 0 Å². The summed E-state index contributed by atoms with van der Waals surface area (Å²) in [5, 5.41) is 2.92. The number of aryl methyl sites for hydroxylation is 1. The monoisotopic (exact) mass is 250 g/mol. The summed E-state index contributed by atoms with van der Waals surface area (Å²) in [5.74, 6) is 0. The summed E-state index contributed by atoms with van der Waals surface area (Å²) in [6, 6.07) is 0. The molecule has 6 heteroatoms. The highest BCUT2D eigenvalue weighted by Gasteiger charge is 2.09. The SMILES string of the molecule is Cc1cn2cc(-c3nc(CN)cs3)nc2s1. The molecular weight excluding hydrogens is 240 g/mol. The number of fused-ring (bicyclic) bond motifs is 1. The van der Waals surface area contributed by atoms with Crippen molar-refractivity contribution in [3.05, 3.63) is 28.3 Å². The van der Waals surface area contributed by atoms with Crippen LogP contribution in [0, 0.1) is 6.92 Å². The molecule has 0 atom stereocenters. The van der Waals surface area contributed by atoms with Gasteiger partial charge in [-0.1, -0.05) is 0 Å². The molecule has 3 aromatic heterocycles. The molecule has 0 saturated carbocycles. The quantitative estimate of drug-likeness (QED) is 0.759. The fourth-order valence-electron chi connectivity index (χ4n) is 1.53. The van der Waals surface area contributed by atoms with Gasteiger partial charge in [0.2, 0.25) is 0 Å². The lowest BCUT2D eigenvalue weighted by atomic mass is 10.5. The minimum absolute atomic E-state index is 0.484. The molecule has 3 aromatic rings. The first-order chi connectivity index (χ1) is 7.76. The molecule has 0 fully saturated rings. The van der Waals surface area contributed by atoms with Crippen LogP contribution >= 0.6 is 22.7 Å². The maximum atomic E-state index is 5.54. The van der Waals surface area contributed by atoms with E-state index in [0.29, 0.717) is 6.54 Å². The van der Waals surface area contributed by atoms with Gasteiger partial charge in [0.25, 0.3) is 0 Å². The summed E-state index contributed by atoms with van der Waals surface area (Å²) in [7, 11) is 0. The minimum Gasteiger partial charge on any atom is -0.325 e. The van der Waals surface area contributed by atoms with Crippen LogP contribution in [0.1, 0.15) is 10.6 Å². The van der Waals surface area contributed by atoms with Crippen LogP contribution in [-0.4, -0.2) is 14.4 Å². The first kappa shape index (κ1) is 9.95. The van der Waals surface area contributed by atoms with Crippen molar-refractivity contribution in [3.63, 3.8) is 0 Å². The van der Waals surface area contributed by atoms with E-state index in [1.165, 1.54) is 4.88 Å². The van der Waals surface area contributed by atoms with Gasteiger partial charge in [0.15, 0.2) is 4.96 Å². The Bertz CT molecular complexity index is 603. The first-order valence-corrected chi connectivity index (χ1v) is 6.56. The third-order valence-corrected chi connectivity index (χ3v) is 4.08. The zero-order valence-corrected chi connectivity index (χ0v) is 10.3. The molecule has 3 rings (SSSR count). The molecule has 0 aliphatic rings. The highest BCUT2D eigenvalue weighted by Crippen LogP contribution is 2.25. The highest BCUT2D eigenvalue weighted by molar-refractivity contribution is 7.17. The molecule has 0 amide bonds. The second-order valence-electron chi connectivity index (χ2n) is 3.51. The molecule has 0 radical (unpaired) electrons. The van der Waals surface area contributed by atoms with Crippen molar-refractivity contribution in [3.8, 4) is 10.7 Å². The number of rotatable bonds is 2. The van der Waals surface area contributed by atoms with Crippen LogP contribution < -0.4 is 5.73 Å². The van der Waals surface area contributed by atoms with Gasteiger partial charge in [-0.2, -0.15) is 0 Å². The zero-order chi connectivity index (χ0) is 11.1. The van der Waals surface area contributed by atoms with Gasteiger partial charge >= 0.3 is 0 Å². The molecule has 4 nitrogen and oxygen atoms in total. The van der Waals surface area contributed by atoms with Gasteiger partial charge in [0.05, 0.1) is 5.69 Å². The number of nitrogens with zero attached hydrogens (tertiary/aromatic N) is 3. The molecule has 0 aliphatic heterocycles. The van der Waals surface area contributed by atoms with E-state index in [1.54, 1.807) is 22.7 Å². The van der Waals surface area contributed by atoms with E-state index >= 15 is 0 Å². The number of aromatic nitrogens is 3. The molecule has 3 heterocycles. The largest absolute Gasteiger partial charge is 0.325 e. The number of hydrogen-bond acceptors (Lipinski definition) is 5. The lowest BCUT2D eigenvalue weighted by Crippen LogP contribution is -1.95. The lowest BCUT2D eigenvalue weighted by molar-refractivity contribution is 1.01. The van der Waals surface area contributed by atoms with Crippen LogP contribution in [0.5, 0.6) is 0 Å². The predicted octanol–water partition coefficient (Wildman–Crippen LogP) is 2.29. The molecule has 0 unspecified atom stereocenters. The normalized spacial score (nSPS) is 11.4. The summed E-state index contributed by atoms with van der Waals surface area (Å²) in [6.45, 7) is 2.56. The fraction of sp³-hybridized carbons (Fsp3) is 0.200. The van der Waals surface area contributed by atoms with E-state index < -0.39 is 0 Å². The van der Waals surface area contributed by atoms with E-state index in [-0.39, 0.29) is 0 Å². The van der Waals surface area contributed by atoms with Crippen LogP contribution in [0.2, 0.25) is 0 Å². The number of imidazole rings is 1. The Labute approximate surface area is 100 Å². The summed E-state index contributed by atoms with van der Waals surface area (Å²) >= 11 is 3.27. The first-order valence-electron chi connectivity index (χ1n) is 4.86. The van der Waals surface area contributed by atoms with Crippen LogP contribution in [0.3, 0.4) is 0 Å². The number of hydrogen-bond donors (Lipinski definition) is 1. The Kier molecular flexibility index (Phi) is 2.27. The third-order valence-electron chi connectivity index (χ3n) is 2.25.